The number of fused-ring (bicyclic) bond motifs is 1. The number of nitrogens with one attached hydrogen (secondary N) is 1. The molecule has 0 radical (unpaired) electrons. The quantitative estimate of drug-likeness (QED) is 0.218. The molecular formula is C33H38ClF3N2O3. The third-order valence-electron chi connectivity index (χ3n) is 7.31. The maximum absolute atomic E-state index is 13.2. The molecule has 3 unspecified atom stereocenters. The number of aliphatic hydroxyl groups is 2. The molecule has 42 heavy (non-hydrogen) atoms. The van der Waals surface area contributed by atoms with Gasteiger partial charge in [0.1, 0.15) is 0 Å². The molecule has 3 N–H and O–H groups in total. The first-order valence-corrected chi connectivity index (χ1v) is 14.6. The van der Waals surface area contributed by atoms with E-state index in [2.05, 4.69) is 31.1 Å². The average molecular weight is 603 g/mol. The highest BCUT2D eigenvalue weighted by molar-refractivity contribution is 6.30. The fourth-order valence-corrected chi connectivity index (χ4v) is 4.87. The van der Waals surface area contributed by atoms with E-state index in [0.717, 1.165) is 28.8 Å². The summed E-state index contributed by atoms with van der Waals surface area (Å²) in [5, 5.41) is 21.8. The monoisotopic (exact) mass is 602 g/mol. The van der Waals surface area contributed by atoms with E-state index >= 15 is 0 Å². The van der Waals surface area contributed by atoms with Gasteiger partial charge in [-0.25, -0.2) is 0 Å². The summed E-state index contributed by atoms with van der Waals surface area (Å²) in [6.45, 7) is 6.60. The molecule has 226 valence electrons. The first kappa shape index (κ1) is 33.3. The first-order valence-electron chi connectivity index (χ1n) is 14.2. The Kier molecular flexibility index (Phi) is 12.2. The molecule has 0 saturated heterocycles. The molecule has 1 aliphatic carbocycles. The van der Waals surface area contributed by atoms with Gasteiger partial charge in [0, 0.05) is 35.5 Å². The molecule has 1 aromatic heterocycles. The van der Waals surface area contributed by atoms with Crippen LogP contribution in [-0.2, 0) is 11.0 Å². The molecule has 0 fully saturated rings. The number of aromatic nitrogens is 1. The van der Waals surface area contributed by atoms with Crippen LogP contribution >= 0.6 is 11.6 Å². The largest absolute Gasteiger partial charge is 0.416 e. The summed E-state index contributed by atoms with van der Waals surface area (Å²) >= 11 is 6.13. The normalized spacial score (nSPS) is 16.4. The number of carbonyl (C=O) groups excluding carboxylic acids is 1. The number of hydrogen-bond acceptors (Lipinski definition) is 4. The molecule has 5 nitrogen and oxygen atoms in total. The van der Waals surface area contributed by atoms with Crippen molar-refractivity contribution in [2.24, 2.45) is 11.8 Å². The number of benzene rings is 2. The van der Waals surface area contributed by atoms with E-state index in [9.17, 15) is 18.0 Å². The van der Waals surface area contributed by atoms with Gasteiger partial charge in [0.15, 0.2) is 6.29 Å². The molecule has 9 heteroatoms. The minimum atomic E-state index is -4.44. The van der Waals surface area contributed by atoms with Crippen molar-refractivity contribution in [2.45, 2.75) is 64.8 Å². The number of carbonyl (C=O) groups is 1. The maximum Gasteiger partial charge on any atom is 0.416 e. The zero-order valence-corrected chi connectivity index (χ0v) is 24.8. The minimum absolute atomic E-state index is 0.0466. The van der Waals surface area contributed by atoms with Gasteiger partial charge in [-0.3, -0.25) is 9.78 Å². The number of pyridine rings is 1. The lowest BCUT2D eigenvalue weighted by molar-refractivity contribution is -0.137. The number of aliphatic hydroxyl groups excluding tert-OH is 1. The van der Waals surface area contributed by atoms with Crippen LogP contribution in [0.2, 0.25) is 5.02 Å². The number of unbranched alkanes of at least 4 members (excludes halogenated alkanes) is 1. The van der Waals surface area contributed by atoms with Crippen LogP contribution < -0.4 is 5.32 Å². The van der Waals surface area contributed by atoms with Crippen molar-refractivity contribution in [1.29, 1.82) is 0 Å². The van der Waals surface area contributed by atoms with Gasteiger partial charge in [0.05, 0.1) is 17.0 Å². The average Bonchev–Trinajstić information content (AvgIpc) is 2.97. The van der Waals surface area contributed by atoms with Crippen molar-refractivity contribution in [1.82, 2.24) is 10.3 Å². The molecule has 0 bridgehead atoms. The fourth-order valence-electron chi connectivity index (χ4n) is 4.74. The van der Waals surface area contributed by atoms with Gasteiger partial charge in [-0.2, -0.15) is 13.2 Å². The first-order chi connectivity index (χ1) is 19.9. The number of allylic oxidation sites excluding steroid dienone is 3. The van der Waals surface area contributed by atoms with Crippen molar-refractivity contribution in [3.63, 3.8) is 0 Å². The summed E-state index contributed by atoms with van der Waals surface area (Å²) in [5.74, 6) is -0.759. The number of rotatable bonds is 9. The van der Waals surface area contributed by atoms with E-state index in [1.165, 1.54) is 18.9 Å². The molecule has 0 spiro atoms. The Balaban J connectivity index is 0.00000114. The molecule has 2 aromatic carbocycles. The second-order valence-electron chi connectivity index (χ2n) is 10.5. The SMILES string of the molecule is CC(C1=CCC(C(=O)NCCC(O)O)C=C1)C(c1ccc(Cl)cc1)c1cnc2cc(C(F)(F)F)ccc2c1.CCCC. The smallest absolute Gasteiger partial charge is 0.368 e. The Hall–Kier alpha value is -3.20. The van der Waals surface area contributed by atoms with Crippen LogP contribution in [0.4, 0.5) is 13.2 Å². The van der Waals surface area contributed by atoms with E-state index in [0.29, 0.717) is 16.8 Å². The highest BCUT2D eigenvalue weighted by Gasteiger charge is 2.31. The predicted octanol–water partition coefficient (Wildman–Crippen LogP) is 7.80. The van der Waals surface area contributed by atoms with Crippen LogP contribution in [0.15, 0.2) is 78.5 Å². The second kappa shape index (κ2) is 15.3. The Bertz CT molecular complexity index is 1390. The predicted molar refractivity (Wildman–Crippen MR) is 161 cm³/mol. The second-order valence-corrected chi connectivity index (χ2v) is 10.9. The molecule has 1 heterocycles. The molecule has 1 amide bonds. The van der Waals surface area contributed by atoms with Crippen LogP contribution in [0, 0.1) is 11.8 Å². The van der Waals surface area contributed by atoms with Gasteiger partial charge < -0.3 is 15.5 Å². The third-order valence-corrected chi connectivity index (χ3v) is 7.57. The Labute approximate surface area is 250 Å². The lowest BCUT2D eigenvalue weighted by atomic mass is 9.76. The third kappa shape index (κ3) is 9.15. The molecule has 0 aliphatic heterocycles. The van der Waals surface area contributed by atoms with Crippen molar-refractivity contribution in [3.05, 3.63) is 100 Å². The van der Waals surface area contributed by atoms with Crippen LogP contribution in [0.1, 0.15) is 69.1 Å². The van der Waals surface area contributed by atoms with Gasteiger partial charge in [-0.05, 0) is 59.4 Å². The van der Waals surface area contributed by atoms with E-state index in [4.69, 9.17) is 21.8 Å². The summed E-state index contributed by atoms with van der Waals surface area (Å²) in [5.41, 5.74) is 2.38. The van der Waals surface area contributed by atoms with Crippen molar-refractivity contribution >= 4 is 28.4 Å². The van der Waals surface area contributed by atoms with Crippen molar-refractivity contribution in [2.75, 3.05) is 6.54 Å². The van der Waals surface area contributed by atoms with E-state index in [1.54, 1.807) is 18.3 Å². The van der Waals surface area contributed by atoms with E-state index in [-0.39, 0.29) is 42.1 Å². The summed E-state index contributed by atoms with van der Waals surface area (Å²) in [6.07, 6.45) is 4.68. The van der Waals surface area contributed by atoms with Gasteiger partial charge in [0.2, 0.25) is 5.91 Å². The van der Waals surface area contributed by atoms with E-state index in [1.807, 2.05) is 36.4 Å². The van der Waals surface area contributed by atoms with Crippen LogP contribution in [0.5, 0.6) is 0 Å². The Morgan fingerprint density at radius 2 is 1.76 bits per heavy atom. The van der Waals surface area contributed by atoms with Gasteiger partial charge >= 0.3 is 6.18 Å². The lowest BCUT2D eigenvalue weighted by Gasteiger charge is -2.28. The number of hydrogen-bond donors (Lipinski definition) is 3. The van der Waals surface area contributed by atoms with E-state index < -0.39 is 18.0 Å². The zero-order chi connectivity index (χ0) is 30.9. The van der Waals surface area contributed by atoms with Crippen molar-refractivity contribution in [3.8, 4) is 0 Å². The number of halogens is 4. The number of nitrogens with zero attached hydrogens (tertiary/aromatic N) is 1. The summed E-state index contributed by atoms with van der Waals surface area (Å²) < 4.78 is 39.5. The minimum Gasteiger partial charge on any atom is -0.368 e. The van der Waals surface area contributed by atoms with Crippen molar-refractivity contribution < 1.29 is 28.2 Å². The van der Waals surface area contributed by atoms with Crippen LogP contribution in [0.25, 0.3) is 10.9 Å². The Morgan fingerprint density at radius 3 is 2.33 bits per heavy atom. The number of amides is 1. The summed E-state index contributed by atoms with van der Waals surface area (Å²) in [4.78, 5) is 16.8. The highest BCUT2D eigenvalue weighted by atomic mass is 35.5. The standard InChI is InChI=1S/C29H28ClF3N2O3.C4H10/c1-17(18-2-4-20(5-3-18)28(38)34-13-12-26(36)37)27(19-7-10-24(30)11-8-19)22-14-21-6-9-23(29(31,32)33)15-25(21)35-16-22;1-3-4-2/h2-4,6-11,14-17,20,26-27,36-37H,5,12-13H2,1H3,(H,34,38);3-4H2,1-2H3. The Morgan fingerprint density at radius 1 is 1.07 bits per heavy atom. The topological polar surface area (TPSA) is 82.5 Å². The molecule has 0 saturated carbocycles. The fraction of sp³-hybridized carbons (Fsp3) is 0.394. The molecule has 4 rings (SSSR count). The molecular weight excluding hydrogens is 565 g/mol. The molecule has 3 aromatic rings. The lowest BCUT2D eigenvalue weighted by Crippen LogP contribution is -2.32. The van der Waals surface area contributed by atoms with Gasteiger partial charge in [0.25, 0.3) is 0 Å². The van der Waals surface area contributed by atoms with Gasteiger partial charge in [-0.15, -0.1) is 0 Å². The number of alkyl halides is 3. The highest BCUT2D eigenvalue weighted by Crippen LogP contribution is 2.39. The maximum atomic E-state index is 13.2. The zero-order valence-electron chi connectivity index (χ0n) is 24.0. The summed E-state index contributed by atoms with van der Waals surface area (Å²) in [7, 11) is 0. The van der Waals surface area contributed by atoms with Crippen LogP contribution in [0.3, 0.4) is 0 Å². The van der Waals surface area contributed by atoms with Crippen LogP contribution in [-0.4, -0.2) is 33.9 Å². The summed E-state index contributed by atoms with van der Waals surface area (Å²) in [6, 6.07) is 12.9. The van der Waals surface area contributed by atoms with Gasteiger partial charge in [-0.1, -0.05) is 81.6 Å². The molecule has 1 aliphatic rings. The molecule has 3 atom stereocenters.